The van der Waals surface area contributed by atoms with Gasteiger partial charge in [0.1, 0.15) is 5.82 Å². The summed E-state index contributed by atoms with van der Waals surface area (Å²) in [6, 6.07) is 4.61. The summed E-state index contributed by atoms with van der Waals surface area (Å²) in [5.41, 5.74) is -0.666. The van der Waals surface area contributed by atoms with Gasteiger partial charge in [-0.25, -0.2) is 0 Å². The minimum absolute atomic E-state index is 0.0546. The molecule has 28 heavy (non-hydrogen) atoms. The summed E-state index contributed by atoms with van der Waals surface area (Å²) in [5, 5.41) is 11.8. The fourth-order valence-corrected chi connectivity index (χ4v) is 4.28. The number of alkyl halides is 3. The Morgan fingerprint density at radius 3 is 2.68 bits per heavy atom. The zero-order valence-electron chi connectivity index (χ0n) is 15.6. The molecule has 1 saturated carbocycles. The van der Waals surface area contributed by atoms with Crippen LogP contribution in [-0.2, 0) is 17.5 Å². The van der Waals surface area contributed by atoms with Gasteiger partial charge < -0.3 is 9.88 Å². The van der Waals surface area contributed by atoms with Crippen molar-refractivity contribution in [3.63, 3.8) is 0 Å². The Balaban J connectivity index is 1.61. The van der Waals surface area contributed by atoms with Crippen molar-refractivity contribution in [1.82, 2.24) is 14.8 Å². The second kappa shape index (κ2) is 8.98. The molecule has 1 aliphatic rings. The number of hydrogen-bond acceptors (Lipinski definition) is 4. The molecule has 1 aromatic heterocycles. The van der Waals surface area contributed by atoms with Gasteiger partial charge in [0, 0.05) is 18.2 Å². The molecule has 0 radical (unpaired) electrons. The van der Waals surface area contributed by atoms with Crippen LogP contribution < -0.4 is 5.32 Å². The fraction of sp³-hybridized carbons (Fsp3) is 0.526. The molecule has 2 aromatic rings. The van der Waals surface area contributed by atoms with Crippen LogP contribution in [0.5, 0.6) is 0 Å². The van der Waals surface area contributed by atoms with Crippen molar-refractivity contribution in [3.8, 4) is 0 Å². The number of anilines is 1. The predicted octanol–water partition coefficient (Wildman–Crippen LogP) is 5.10. The van der Waals surface area contributed by atoms with Crippen molar-refractivity contribution < 1.29 is 18.0 Å². The van der Waals surface area contributed by atoms with Gasteiger partial charge in [0.2, 0.25) is 5.91 Å². The summed E-state index contributed by atoms with van der Waals surface area (Å²) in [4.78, 5) is 12.2. The average Bonchev–Trinajstić information content (AvgIpc) is 3.09. The van der Waals surface area contributed by atoms with Gasteiger partial charge in [-0.05, 0) is 38.0 Å². The zero-order valence-corrected chi connectivity index (χ0v) is 16.4. The standard InChI is InChI=1S/C19H23F3N4OS/c1-2-26-17(13-7-4-3-5-8-13)24-25-18(26)28-12-16(27)23-15-10-6-9-14(11-15)19(20,21)22/h6,9-11,13H,2-5,7-8,12H2,1H3,(H,23,27). The maximum atomic E-state index is 12.8. The summed E-state index contributed by atoms with van der Waals surface area (Å²) < 4.78 is 40.4. The van der Waals surface area contributed by atoms with E-state index in [-0.39, 0.29) is 17.3 Å². The summed E-state index contributed by atoms with van der Waals surface area (Å²) in [7, 11) is 0. The summed E-state index contributed by atoms with van der Waals surface area (Å²) in [6.07, 6.45) is 1.43. The number of rotatable bonds is 6. The van der Waals surface area contributed by atoms with E-state index in [1.165, 1.54) is 43.2 Å². The highest BCUT2D eigenvalue weighted by atomic mass is 32.2. The topological polar surface area (TPSA) is 59.8 Å². The molecule has 1 amide bonds. The average molecular weight is 412 g/mol. The van der Waals surface area contributed by atoms with Crippen LogP contribution >= 0.6 is 11.8 Å². The smallest absolute Gasteiger partial charge is 0.325 e. The van der Waals surface area contributed by atoms with Crippen LogP contribution in [0.2, 0.25) is 0 Å². The van der Waals surface area contributed by atoms with Crippen molar-refractivity contribution in [3.05, 3.63) is 35.7 Å². The molecule has 0 unspecified atom stereocenters. The Kier molecular flexibility index (Phi) is 6.64. The molecule has 0 bridgehead atoms. The zero-order chi connectivity index (χ0) is 20.1. The molecule has 9 heteroatoms. The second-order valence-corrected chi connectivity index (χ2v) is 7.78. The van der Waals surface area contributed by atoms with Gasteiger partial charge in [-0.3, -0.25) is 4.79 Å². The second-order valence-electron chi connectivity index (χ2n) is 6.84. The van der Waals surface area contributed by atoms with E-state index in [0.717, 1.165) is 37.3 Å². The van der Waals surface area contributed by atoms with Gasteiger partial charge in [-0.1, -0.05) is 37.1 Å². The minimum Gasteiger partial charge on any atom is -0.325 e. The van der Waals surface area contributed by atoms with Gasteiger partial charge in [0.05, 0.1) is 11.3 Å². The molecule has 1 fully saturated rings. The minimum atomic E-state index is -4.44. The van der Waals surface area contributed by atoms with Gasteiger partial charge in [0.15, 0.2) is 5.16 Å². The molecule has 0 spiro atoms. The highest BCUT2D eigenvalue weighted by Gasteiger charge is 2.30. The Labute approximate surface area is 166 Å². The van der Waals surface area contributed by atoms with Crippen molar-refractivity contribution in [1.29, 1.82) is 0 Å². The number of carbonyl (C=O) groups is 1. The molecule has 5 nitrogen and oxygen atoms in total. The molecule has 1 aliphatic carbocycles. The van der Waals surface area contributed by atoms with Crippen molar-refractivity contribution in [2.45, 2.75) is 62.8 Å². The Hall–Kier alpha value is -2.03. The molecule has 0 saturated heterocycles. The van der Waals surface area contributed by atoms with Crippen molar-refractivity contribution in [2.75, 3.05) is 11.1 Å². The van der Waals surface area contributed by atoms with Crippen molar-refractivity contribution in [2.24, 2.45) is 0 Å². The van der Waals surface area contributed by atoms with Crippen LogP contribution in [0.3, 0.4) is 0 Å². The van der Waals surface area contributed by atoms with E-state index in [1.54, 1.807) is 0 Å². The number of amides is 1. The van der Waals surface area contributed by atoms with E-state index in [0.29, 0.717) is 11.1 Å². The van der Waals surface area contributed by atoms with Crippen LogP contribution in [0.1, 0.15) is 56.3 Å². The molecular weight excluding hydrogens is 389 g/mol. The third kappa shape index (κ3) is 5.06. The molecule has 0 aliphatic heterocycles. The largest absolute Gasteiger partial charge is 0.416 e. The summed E-state index contributed by atoms with van der Waals surface area (Å²) >= 11 is 1.25. The quantitative estimate of drug-likeness (QED) is 0.671. The van der Waals surface area contributed by atoms with Gasteiger partial charge in [-0.2, -0.15) is 13.2 Å². The molecule has 3 rings (SSSR count). The first-order valence-corrected chi connectivity index (χ1v) is 10.4. The Morgan fingerprint density at radius 1 is 1.25 bits per heavy atom. The maximum absolute atomic E-state index is 12.8. The number of benzene rings is 1. The number of carbonyl (C=O) groups excluding carboxylic acids is 1. The van der Waals surface area contributed by atoms with Gasteiger partial charge in [0.25, 0.3) is 0 Å². The number of aromatic nitrogens is 3. The molecule has 152 valence electrons. The van der Waals surface area contributed by atoms with Crippen LogP contribution in [0.4, 0.5) is 18.9 Å². The van der Waals surface area contributed by atoms with E-state index in [1.807, 2.05) is 11.5 Å². The number of hydrogen-bond donors (Lipinski definition) is 1. The van der Waals surface area contributed by atoms with Crippen LogP contribution in [-0.4, -0.2) is 26.4 Å². The van der Waals surface area contributed by atoms with E-state index in [9.17, 15) is 18.0 Å². The third-order valence-corrected chi connectivity index (χ3v) is 5.80. The first kappa shape index (κ1) is 20.7. The number of halogens is 3. The number of nitrogens with one attached hydrogen (secondary N) is 1. The van der Waals surface area contributed by atoms with Gasteiger partial charge in [-0.15, -0.1) is 10.2 Å². The van der Waals surface area contributed by atoms with Crippen LogP contribution in [0.25, 0.3) is 0 Å². The molecular formula is C19H23F3N4OS. The van der Waals surface area contributed by atoms with E-state index in [2.05, 4.69) is 15.5 Å². The first-order valence-electron chi connectivity index (χ1n) is 9.41. The highest BCUT2D eigenvalue weighted by Crippen LogP contribution is 2.33. The highest BCUT2D eigenvalue weighted by molar-refractivity contribution is 7.99. The molecule has 1 heterocycles. The summed E-state index contributed by atoms with van der Waals surface area (Å²) in [6.45, 7) is 2.73. The van der Waals surface area contributed by atoms with E-state index < -0.39 is 11.7 Å². The lowest BCUT2D eigenvalue weighted by Crippen LogP contribution is -2.16. The van der Waals surface area contributed by atoms with Crippen LogP contribution in [0.15, 0.2) is 29.4 Å². The Bertz CT molecular complexity index is 816. The third-order valence-electron chi connectivity index (χ3n) is 4.84. The normalized spacial score (nSPS) is 15.6. The lowest BCUT2D eigenvalue weighted by molar-refractivity contribution is -0.137. The monoisotopic (exact) mass is 412 g/mol. The van der Waals surface area contributed by atoms with Crippen LogP contribution in [0, 0.1) is 0 Å². The van der Waals surface area contributed by atoms with E-state index >= 15 is 0 Å². The molecule has 0 atom stereocenters. The Morgan fingerprint density at radius 2 is 2.00 bits per heavy atom. The lowest BCUT2D eigenvalue weighted by Gasteiger charge is -2.21. The predicted molar refractivity (Wildman–Crippen MR) is 102 cm³/mol. The SMILES string of the molecule is CCn1c(SCC(=O)Nc2cccc(C(F)(F)F)c2)nnc1C1CCCCC1. The lowest BCUT2D eigenvalue weighted by atomic mass is 9.89. The van der Waals surface area contributed by atoms with E-state index in [4.69, 9.17) is 0 Å². The summed E-state index contributed by atoms with van der Waals surface area (Å²) in [5.74, 6) is 1.06. The molecule has 1 N–H and O–H groups in total. The maximum Gasteiger partial charge on any atom is 0.416 e. The first-order chi connectivity index (χ1) is 13.4. The number of thioether (sulfide) groups is 1. The molecule has 1 aromatic carbocycles. The van der Waals surface area contributed by atoms with Crippen molar-refractivity contribution >= 4 is 23.4 Å². The number of nitrogens with zero attached hydrogens (tertiary/aromatic N) is 3. The fourth-order valence-electron chi connectivity index (χ4n) is 3.47. The van der Waals surface area contributed by atoms with Gasteiger partial charge >= 0.3 is 6.18 Å².